The van der Waals surface area contributed by atoms with Crippen LogP contribution in [0.15, 0.2) is 24.3 Å². The molecule has 0 aromatic heterocycles. The van der Waals surface area contributed by atoms with E-state index in [2.05, 4.69) is 5.32 Å². The maximum Gasteiger partial charge on any atom is 0.260 e. The van der Waals surface area contributed by atoms with E-state index in [1.165, 1.54) is 12.1 Å². The first-order chi connectivity index (χ1) is 9.04. The molecule has 2 unspecified atom stereocenters. The second-order valence-electron chi connectivity index (χ2n) is 5.01. The van der Waals surface area contributed by atoms with Gasteiger partial charge in [0.2, 0.25) is 0 Å². The molecular formula is C14H19FN2O2. The summed E-state index contributed by atoms with van der Waals surface area (Å²) in [6.07, 6.45) is 0. The van der Waals surface area contributed by atoms with Gasteiger partial charge >= 0.3 is 0 Å². The van der Waals surface area contributed by atoms with Crippen molar-refractivity contribution in [3.8, 4) is 5.75 Å². The van der Waals surface area contributed by atoms with Crippen LogP contribution in [-0.2, 0) is 4.79 Å². The van der Waals surface area contributed by atoms with Crippen LogP contribution in [-0.4, -0.2) is 42.6 Å². The van der Waals surface area contributed by atoms with Gasteiger partial charge in [0.05, 0.1) is 0 Å². The number of carbonyl (C=O) groups is 1. The lowest BCUT2D eigenvalue weighted by Gasteiger charge is -2.36. The zero-order valence-electron chi connectivity index (χ0n) is 11.2. The summed E-state index contributed by atoms with van der Waals surface area (Å²) in [4.78, 5) is 13.8. The molecule has 5 heteroatoms. The molecule has 2 rings (SSSR count). The molecule has 0 spiro atoms. The summed E-state index contributed by atoms with van der Waals surface area (Å²) in [6, 6.07) is 6.37. The fourth-order valence-corrected chi connectivity index (χ4v) is 2.32. The Bertz CT molecular complexity index is 443. The van der Waals surface area contributed by atoms with Crippen LogP contribution in [0.4, 0.5) is 4.39 Å². The molecule has 1 heterocycles. The van der Waals surface area contributed by atoms with Crippen molar-refractivity contribution in [3.05, 3.63) is 30.1 Å². The molecule has 0 radical (unpaired) electrons. The number of hydrogen-bond donors (Lipinski definition) is 1. The number of hydrogen-bond acceptors (Lipinski definition) is 3. The second kappa shape index (κ2) is 6.02. The van der Waals surface area contributed by atoms with Crippen LogP contribution in [0.2, 0.25) is 0 Å². The predicted molar refractivity (Wildman–Crippen MR) is 70.5 cm³/mol. The molecule has 1 aromatic rings. The van der Waals surface area contributed by atoms with Crippen molar-refractivity contribution in [2.45, 2.75) is 25.9 Å². The Morgan fingerprint density at radius 2 is 2.11 bits per heavy atom. The van der Waals surface area contributed by atoms with E-state index in [4.69, 9.17) is 4.74 Å². The van der Waals surface area contributed by atoms with E-state index in [0.29, 0.717) is 18.8 Å². The number of nitrogens with one attached hydrogen (secondary N) is 1. The van der Waals surface area contributed by atoms with Crippen LogP contribution in [0.25, 0.3) is 0 Å². The lowest BCUT2D eigenvalue weighted by Crippen LogP contribution is -2.56. The van der Waals surface area contributed by atoms with Crippen LogP contribution in [0.3, 0.4) is 0 Å². The zero-order valence-corrected chi connectivity index (χ0v) is 11.2. The largest absolute Gasteiger partial charge is 0.484 e. The van der Waals surface area contributed by atoms with Gasteiger partial charge in [-0.1, -0.05) is 6.07 Å². The van der Waals surface area contributed by atoms with Gasteiger partial charge in [0, 0.05) is 31.2 Å². The maximum atomic E-state index is 13.0. The Morgan fingerprint density at radius 1 is 1.42 bits per heavy atom. The van der Waals surface area contributed by atoms with E-state index < -0.39 is 0 Å². The summed E-state index contributed by atoms with van der Waals surface area (Å²) in [5, 5.41) is 3.36. The Morgan fingerprint density at radius 3 is 2.74 bits per heavy atom. The second-order valence-corrected chi connectivity index (χ2v) is 5.01. The van der Waals surface area contributed by atoms with Gasteiger partial charge in [-0.3, -0.25) is 4.79 Å². The van der Waals surface area contributed by atoms with Gasteiger partial charge in [-0.05, 0) is 26.0 Å². The summed E-state index contributed by atoms with van der Waals surface area (Å²) in [6.45, 7) is 5.39. The molecule has 104 valence electrons. The van der Waals surface area contributed by atoms with Crippen molar-refractivity contribution in [1.82, 2.24) is 10.2 Å². The van der Waals surface area contributed by atoms with Gasteiger partial charge in [0.15, 0.2) is 6.61 Å². The molecule has 1 aromatic carbocycles. The molecule has 0 saturated carbocycles. The van der Waals surface area contributed by atoms with Crippen LogP contribution < -0.4 is 10.1 Å². The van der Waals surface area contributed by atoms with E-state index in [1.807, 2.05) is 13.8 Å². The van der Waals surface area contributed by atoms with Gasteiger partial charge in [-0.25, -0.2) is 4.39 Å². The first kappa shape index (κ1) is 13.8. The van der Waals surface area contributed by atoms with Gasteiger partial charge in [0.25, 0.3) is 5.91 Å². The van der Waals surface area contributed by atoms with Crippen molar-refractivity contribution in [2.75, 3.05) is 19.7 Å². The Hall–Kier alpha value is -1.62. The highest BCUT2D eigenvalue weighted by Crippen LogP contribution is 2.12. The average molecular weight is 266 g/mol. The molecule has 0 aliphatic carbocycles. The average Bonchev–Trinajstić information content (AvgIpc) is 2.35. The third-order valence-electron chi connectivity index (χ3n) is 3.07. The molecule has 1 saturated heterocycles. The highest BCUT2D eigenvalue weighted by atomic mass is 19.1. The molecule has 1 aliphatic rings. The summed E-state index contributed by atoms with van der Waals surface area (Å²) in [7, 11) is 0. The van der Waals surface area contributed by atoms with E-state index in [9.17, 15) is 9.18 Å². The molecule has 19 heavy (non-hydrogen) atoms. The zero-order chi connectivity index (χ0) is 13.8. The van der Waals surface area contributed by atoms with Crippen molar-refractivity contribution in [3.63, 3.8) is 0 Å². The molecular weight excluding hydrogens is 247 g/mol. The summed E-state index contributed by atoms with van der Waals surface area (Å²) in [5.41, 5.74) is 0. The number of rotatable bonds is 3. The van der Waals surface area contributed by atoms with Gasteiger partial charge < -0.3 is 15.0 Å². The SMILES string of the molecule is CC1CN(C(=O)COc2cccc(F)c2)CC(C)N1. The van der Waals surface area contributed by atoms with Crippen LogP contribution in [0, 0.1) is 5.82 Å². The number of halogens is 1. The van der Waals surface area contributed by atoms with Crippen molar-refractivity contribution >= 4 is 5.91 Å². The van der Waals surface area contributed by atoms with Crippen molar-refractivity contribution in [1.29, 1.82) is 0 Å². The Labute approximate surface area is 112 Å². The van der Waals surface area contributed by atoms with Gasteiger partial charge in [-0.2, -0.15) is 0 Å². The Balaban J connectivity index is 1.87. The van der Waals surface area contributed by atoms with Crippen molar-refractivity contribution < 1.29 is 13.9 Å². The number of nitrogens with zero attached hydrogens (tertiary/aromatic N) is 1. The van der Waals surface area contributed by atoms with E-state index in [0.717, 1.165) is 0 Å². The highest BCUT2D eigenvalue weighted by molar-refractivity contribution is 5.78. The first-order valence-corrected chi connectivity index (χ1v) is 6.47. The topological polar surface area (TPSA) is 41.6 Å². The van der Waals surface area contributed by atoms with Gasteiger partial charge in [0.1, 0.15) is 11.6 Å². The summed E-state index contributed by atoms with van der Waals surface area (Å²) in [5.74, 6) is -0.0524. The smallest absolute Gasteiger partial charge is 0.260 e. The quantitative estimate of drug-likeness (QED) is 0.899. The number of benzene rings is 1. The lowest BCUT2D eigenvalue weighted by molar-refractivity contribution is -0.135. The summed E-state index contributed by atoms with van der Waals surface area (Å²) < 4.78 is 18.3. The molecule has 1 fully saturated rings. The minimum absolute atomic E-state index is 0.0527. The molecule has 1 aliphatic heterocycles. The number of amides is 1. The van der Waals surface area contributed by atoms with E-state index in [-0.39, 0.29) is 30.4 Å². The third kappa shape index (κ3) is 3.92. The van der Waals surface area contributed by atoms with Crippen LogP contribution in [0.1, 0.15) is 13.8 Å². The lowest BCUT2D eigenvalue weighted by atomic mass is 10.1. The number of piperazine rings is 1. The highest BCUT2D eigenvalue weighted by Gasteiger charge is 2.24. The van der Waals surface area contributed by atoms with E-state index >= 15 is 0 Å². The van der Waals surface area contributed by atoms with Gasteiger partial charge in [-0.15, -0.1) is 0 Å². The summed E-state index contributed by atoms with van der Waals surface area (Å²) >= 11 is 0. The number of ether oxygens (including phenoxy) is 1. The van der Waals surface area contributed by atoms with Crippen LogP contribution in [0.5, 0.6) is 5.75 Å². The van der Waals surface area contributed by atoms with Crippen LogP contribution >= 0.6 is 0 Å². The fraction of sp³-hybridized carbons (Fsp3) is 0.500. The van der Waals surface area contributed by atoms with Crippen molar-refractivity contribution in [2.24, 2.45) is 0 Å². The van der Waals surface area contributed by atoms with E-state index in [1.54, 1.807) is 17.0 Å². The standard InChI is InChI=1S/C14H19FN2O2/c1-10-7-17(8-11(2)16-10)14(18)9-19-13-5-3-4-12(15)6-13/h3-6,10-11,16H,7-9H2,1-2H3. The number of carbonyl (C=O) groups excluding carboxylic acids is 1. The molecule has 2 atom stereocenters. The third-order valence-corrected chi connectivity index (χ3v) is 3.07. The molecule has 1 N–H and O–H groups in total. The Kier molecular flexibility index (Phi) is 4.37. The monoisotopic (exact) mass is 266 g/mol. The molecule has 1 amide bonds. The minimum Gasteiger partial charge on any atom is -0.484 e. The molecule has 0 bridgehead atoms. The maximum absolute atomic E-state index is 13.0. The first-order valence-electron chi connectivity index (χ1n) is 6.47. The fourth-order valence-electron chi connectivity index (χ4n) is 2.32. The molecule has 4 nitrogen and oxygen atoms in total. The predicted octanol–water partition coefficient (Wildman–Crippen LogP) is 1.41. The minimum atomic E-state index is -0.366. The normalized spacial score (nSPS) is 23.2.